The van der Waals surface area contributed by atoms with Gasteiger partial charge in [0, 0.05) is 5.69 Å². The average Bonchev–Trinajstić information content (AvgIpc) is 3.32. The van der Waals surface area contributed by atoms with E-state index in [1.807, 2.05) is 0 Å². The van der Waals surface area contributed by atoms with Gasteiger partial charge in [-0.25, -0.2) is 14.5 Å². The number of aromatic nitrogens is 3. The summed E-state index contributed by atoms with van der Waals surface area (Å²) >= 11 is 6.28. The van der Waals surface area contributed by atoms with Crippen LogP contribution in [0.2, 0.25) is 5.02 Å². The van der Waals surface area contributed by atoms with Gasteiger partial charge in [-0.2, -0.15) is 5.10 Å². The van der Waals surface area contributed by atoms with Crippen LogP contribution in [0.3, 0.4) is 0 Å². The molecular weight excluding hydrogens is 342 g/mol. The normalized spacial score (nSPS) is 21.6. The van der Waals surface area contributed by atoms with E-state index in [1.165, 1.54) is 19.2 Å². The maximum absolute atomic E-state index is 12.2. The maximum atomic E-state index is 12.2. The molecule has 4 rings (SSSR count). The van der Waals surface area contributed by atoms with Crippen LogP contribution < -0.4 is 10.6 Å². The maximum Gasteiger partial charge on any atom is 0.319 e. The van der Waals surface area contributed by atoms with Crippen molar-refractivity contribution in [3.05, 3.63) is 35.9 Å². The van der Waals surface area contributed by atoms with Gasteiger partial charge in [-0.15, -0.1) is 0 Å². The van der Waals surface area contributed by atoms with Crippen molar-refractivity contribution < 1.29 is 9.53 Å². The number of urea groups is 1. The Morgan fingerprint density at radius 2 is 2.20 bits per heavy atom. The third-order valence-electron chi connectivity index (χ3n) is 4.93. The number of amides is 2. The van der Waals surface area contributed by atoms with E-state index in [-0.39, 0.29) is 17.7 Å². The highest BCUT2D eigenvalue weighted by molar-refractivity contribution is 6.32. The number of rotatable bonds is 3. The van der Waals surface area contributed by atoms with Crippen LogP contribution in [0.25, 0.3) is 5.69 Å². The molecule has 1 atom stereocenters. The fourth-order valence-electron chi connectivity index (χ4n) is 3.76. The molecule has 25 heavy (non-hydrogen) atoms. The molecule has 1 saturated heterocycles. The van der Waals surface area contributed by atoms with Crippen LogP contribution in [0.5, 0.6) is 0 Å². The molecule has 0 unspecified atom stereocenters. The van der Waals surface area contributed by atoms with E-state index in [1.54, 1.807) is 29.2 Å². The zero-order valence-corrected chi connectivity index (χ0v) is 14.5. The molecule has 1 aromatic heterocycles. The van der Waals surface area contributed by atoms with Gasteiger partial charge in [-0.1, -0.05) is 24.4 Å². The molecular formula is C17H20ClN5O2. The highest BCUT2D eigenvalue weighted by atomic mass is 35.5. The van der Waals surface area contributed by atoms with Crippen LogP contribution >= 0.6 is 11.6 Å². The van der Waals surface area contributed by atoms with E-state index in [4.69, 9.17) is 16.3 Å². The molecule has 1 saturated carbocycles. The summed E-state index contributed by atoms with van der Waals surface area (Å²) < 4.78 is 7.53. The number of carbonyl (C=O) groups excluding carboxylic acids is 1. The minimum absolute atomic E-state index is 0.000697. The lowest BCUT2D eigenvalue weighted by Crippen LogP contribution is -2.39. The molecule has 2 fully saturated rings. The van der Waals surface area contributed by atoms with Crippen molar-refractivity contribution in [1.82, 2.24) is 20.1 Å². The number of anilines is 1. The van der Waals surface area contributed by atoms with Crippen LogP contribution in [0.15, 0.2) is 30.9 Å². The van der Waals surface area contributed by atoms with Gasteiger partial charge in [-0.3, -0.25) is 0 Å². The molecule has 1 spiro atoms. The summed E-state index contributed by atoms with van der Waals surface area (Å²) in [6, 6.07) is 5.09. The minimum atomic E-state index is -0.242. The molecule has 132 valence electrons. The first-order valence-electron chi connectivity index (χ1n) is 8.50. The first-order chi connectivity index (χ1) is 12.1. The number of hydrogen-bond donors (Lipinski definition) is 2. The largest absolute Gasteiger partial charge is 0.373 e. The smallest absolute Gasteiger partial charge is 0.319 e. The van der Waals surface area contributed by atoms with E-state index in [9.17, 15) is 4.79 Å². The fourth-order valence-corrected chi connectivity index (χ4v) is 4.03. The van der Waals surface area contributed by atoms with Gasteiger partial charge in [0.15, 0.2) is 0 Å². The lowest BCUT2D eigenvalue weighted by molar-refractivity contribution is 0.00998. The third kappa shape index (κ3) is 3.48. The quantitative estimate of drug-likeness (QED) is 0.880. The van der Waals surface area contributed by atoms with Gasteiger partial charge in [0.25, 0.3) is 0 Å². The second-order valence-corrected chi connectivity index (χ2v) is 7.11. The molecule has 1 aliphatic carbocycles. The molecule has 2 heterocycles. The zero-order valence-electron chi connectivity index (χ0n) is 13.7. The van der Waals surface area contributed by atoms with Crippen molar-refractivity contribution in [2.24, 2.45) is 0 Å². The molecule has 1 aliphatic heterocycles. The van der Waals surface area contributed by atoms with E-state index < -0.39 is 0 Å². The van der Waals surface area contributed by atoms with Crippen molar-refractivity contribution in [2.75, 3.05) is 11.9 Å². The average molecular weight is 362 g/mol. The second-order valence-electron chi connectivity index (χ2n) is 6.71. The monoisotopic (exact) mass is 361 g/mol. The van der Waals surface area contributed by atoms with Crippen LogP contribution in [0.4, 0.5) is 10.5 Å². The summed E-state index contributed by atoms with van der Waals surface area (Å²) in [6.07, 6.45) is 8.55. The number of hydrogen-bond acceptors (Lipinski definition) is 4. The van der Waals surface area contributed by atoms with Crippen molar-refractivity contribution in [2.45, 2.75) is 43.7 Å². The number of nitrogens with one attached hydrogen (secondary N) is 2. The Morgan fingerprint density at radius 1 is 1.36 bits per heavy atom. The molecule has 2 aliphatic rings. The van der Waals surface area contributed by atoms with Gasteiger partial charge in [0.1, 0.15) is 12.7 Å². The van der Waals surface area contributed by atoms with Crippen molar-refractivity contribution in [3.8, 4) is 5.69 Å². The lowest BCUT2D eigenvalue weighted by Gasteiger charge is -2.21. The van der Waals surface area contributed by atoms with Gasteiger partial charge in [0.05, 0.1) is 29.0 Å². The minimum Gasteiger partial charge on any atom is -0.373 e. The predicted octanol–water partition coefficient (Wildman–Crippen LogP) is 3.14. The van der Waals surface area contributed by atoms with Crippen LogP contribution in [0.1, 0.15) is 32.1 Å². The van der Waals surface area contributed by atoms with Gasteiger partial charge >= 0.3 is 6.03 Å². The number of carbonyl (C=O) groups is 1. The topological polar surface area (TPSA) is 81.1 Å². The highest BCUT2D eigenvalue weighted by Crippen LogP contribution is 2.40. The third-order valence-corrected chi connectivity index (χ3v) is 5.23. The summed E-state index contributed by atoms with van der Waals surface area (Å²) in [5.74, 6) is 0. The standard InChI is InChI=1S/C17H20ClN5O2/c18-14-7-12(3-4-15(14)23-11-19-10-20-23)21-16(24)22-13-8-17(25-9-13)5-1-2-6-17/h3-4,7,10-11,13H,1-2,5-6,8-9H2,(H2,21,22,24)/t13-/m0/s1. The first-order valence-corrected chi connectivity index (χ1v) is 8.87. The molecule has 0 bridgehead atoms. The Hall–Kier alpha value is -2.12. The summed E-state index contributed by atoms with van der Waals surface area (Å²) in [5.41, 5.74) is 1.33. The molecule has 2 N–H and O–H groups in total. The van der Waals surface area contributed by atoms with Gasteiger partial charge in [0.2, 0.25) is 0 Å². The fraction of sp³-hybridized carbons (Fsp3) is 0.471. The summed E-state index contributed by atoms with van der Waals surface area (Å²) in [5, 5.41) is 10.4. The Bertz CT molecular complexity index is 758. The van der Waals surface area contributed by atoms with Gasteiger partial charge < -0.3 is 15.4 Å². The first kappa shape index (κ1) is 16.4. The Labute approximate surface area is 150 Å². The Morgan fingerprint density at radius 3 is 2.92 bits per heavy atom. The van der Waals surface area contributed by atoms with Crippen LogP contribution in [-0.2, 0) is 4.74 Å². The van der Waals surface area contributed by atoms with E-state index >= 15 is 0 Å². The van der Waals surface area contributed by atoms with Crippen molar-refractivity contribution in [1.29, 1.82) is 0 Å². The van der Waals surface area contributed by atoms with Crippen molar-refractivity contribution in [3.63, 3.8) is 0 Å². The SMILES string of the molecule is O=C(Nc1ccc(-n2cncn2)c(Cl)c1)N[C@@H]1COC2(CCCC2)C1. The summed E-state index contributed by atoms with van der Waals surface area (Å²) in [4.78, 5) is 16.1. The number of benzene rings is 1. The molecule has 0 radical (unpaired) electrons. The summed E-state index contributed by atoms with van der Waals surface area (Å²) in [6.45, 7) is 0.583. The highest BCUT2D eigenvalue weighted by Gasteiger charge is 2.42. The Kier molecular flexibility index (Phi) is 4.35. The summed E-state index contributed by atoms with van der Waals surface area (Å²) in [7, 11) is 0. The lowest BCUT2D eigenvalue weighted by atomic mass is 9.96. The molecule has 2 amide bonds. The Balaban J connectivity index is 1.36. The number of halogens is 1. The van der Waals surface area contributed by atoms with E-state index in [0.717, 1.165) is 19.3 Å². The molecule has 8 heteroatoms. The van der Waals surface area contributed by atoms with E-state index in [2.05, 4.69) is 20.7 Å². The molecule has 2 aromatic rings. The van der Waals surface area contributed by atoms with Gasteiger partial charge in [-0.05, 0) is 37.5 Å². The van der Waals surface area contributed by atoms with E-state index in [0.29, 0.717) is 23.0 Å². The molecule has 7 nitrogen and oxygen atoms in total. The predicted molar refractivity (Wildman–Crippen MR) is 94.1 cm³/mol. The zero-order chi connectivity index (χ0) is 17.3. The number of nitrogens with zero attached hydrogens (tertiary/aromatic N) is 3. The molecule has 1 aromatic carbocycles. The van der Waals surface area contributed by atoms with Crippen LogP contribution in [-0.4, -0.2) is 39.0 Å². The number of ether oxygens (including phenoxy) is 1. The van der Waals surface area contributed by atoms with Crippen molar-refractivity contribution >= 4 is 23.3 Å². The van der Waals surface area contributed by atoms with Crippen LogP contribution in [0, 0.1) is 0 Å². The second kappa shape index (κ2) is 6.65.